The van der Waals surface area contributed by atoms with Gasteiger partial charge in [0.25, 0.3) is 0 Å². The van der Waals surface area contributed by atoms with Crippen molar-refractivity contribution in [1.82, 2.24) is 0 Å². The number of nitrogens with one attached hydrogen (secondary N) is 1. The second-order valence-corrected chi connectivity index (χ2v) is 6.21. The molecule has 1 N–H and O–H groups in total. The molecule has 0 heterocycles. The van der Waals surface area contributed by atoms with E-state index in [9.17, 15) is 21.6 Å². The third kappa shape index (κ3) is 6.32. The number of hydrogen-bond acceptors (Lipinski definition) is 4. The highest BCUT2D eigenvalue weighted by molar-refractivity contribution is 7.91. The Morgan fingerprint density at radius 1 is 1.32 bits per heavy atom. The summed E-state index contributed by atoms with van der Waals surface area (Å²) in [4.78, 5) is 0. The van der Waals surface area contributed by atoms with E-state index in [2.05, 4.69) is 10.1 Å². The molecule has 1 aromatic rings. The number of halogens is 3. The first-order chi connectivity index (χ1) is 8.72. The number of rotatable bonds is 6. The highest BCUT2D eigenvalue weighted by Crippen LogP contribution is 2.24. The Kier molecular flexibility index (Phi) is 5.04. The topological polar surface area (TPSA) is 55.4 Å². The van der Waals surface area contributed by atoms with Crippen molar-refractivity contribution < 1.29 is 26.3 Å². The largest absolute Gasteiger partial charge is 0.573 e. The molecule has 4 nitrogen and oxygen atoms in total. The van der Waals surface area contributed by atoms with E-state index in [1.807, 2.05) is 0 Å². The standard InChI is InChI=1S/C11H14F3NO3S/c1-2-19(16,17)7-6-15-9-4-3-5-10(8-9)18-11(12,13)14/h3-5,8,15H,2,6-7H2,1H3. The Morgan fingerprint density at radius 2 is 2.00 bits per heavy atom. The van der Waals surface area contributed by atoms with Gasteiger partial charge in [-0.2, -0.15) is 0 Å². The van der Waals surface area contributed by atoms with Gasteiger partial charge in [-0.15, -0.1) is 13.2 Å². The van der Waals surface area contributed by atoms with Crippen molar-refractivity contribution in [2.45, 2.75) is 13.3 Å². The Labute approximate surface area is 109 Å². The molecule has 0 radical (unpaired) electrons. The molecule has 0 aliphatic carbocycles. The second-order valence-electron chi connectivity index (χ2n) is 3.74. The summed E-state index contributed by atoms with van der Waals surface area (Å²) in [5.74, 6) is -0.393. The van der Waals surface area contributed by atoms with Gasteiger partial charge in [0.1, 0.15) is 5.75 Å². The summed E-state index contributed by atoms with van der Waals surface area (Å²) in [7, 11) is -3.10. The zero-order valence-electron chi connectivity index (χ0n) is 10.2. The smallest absolute Gasteiger partial charge is 0.406 e. The maximum Gasteiger partial charge on any atom is 0.573 e. The van der Waals surface area contributed by atoms with Gasteiger partial charge in [-0.05, 0) is 12.1 Å². The van der Waals surface area contributed by atoms with Crippen LogP contribution in [0.2, 0.25) is 0 Å². The summed E-state index contributed by atoms with van der Waals surface area (Å²) >= 11 is 0. The monoisotopic (exact) mass is 297 g/mol. The first-order valence-corrected chi connectivity index (χ1v) is 7.34. The Hall–Kier alpha value is -1.44. The van der Waals surface area contributed by atoms with Crippen molar-refractivity contribution in [2.75, 3.05) is 23.4 Å². The number of ether oxygens (including phenoxy) is 1. The third-order valence-corrected chi connectivity index (χ3v) is 3.96. The molecule has 0 unspecified atom stereocenters. The van der Waals surface area contributed by atoms with Crippen molar-refractivity contribution >= 4 is 15.5 Å². The van der Waals surface area contributed by atoms with Crippen LogP contribution < -0.4 is 10.1 Å². The molecule has 1 aromatic carbocycles. The van der Waals surface area contributed by atoms with E-state index in [4.69, 9.17) is 0 Å². The second kappa shape index (κ2) is 6.14. The van der Waals surface area contributed by atoms with Gasteiger partial charge in [0.2, 0.25) is 0 Å². The molecule has 0 aliphatic heterocycles. The van der Waals surface area contributed by atoms with Crippen molar-refractivity contribution in [1.29, 1.82) is 0 Å². The van der Waals surface area contributed by atoms with E-state index in [1.165, 1.54) is 25.1 Å². The van der Waals surface area contributed by atoms with Gasteiger partial charge in [-0.25, -0.2) is 8.42 Å². The summed E-state index contributed by atoms with van der Waals surface area (Å²) < 4.78 is 62.2. The minimum atomic E-state index is -4.75. The van der Waals surface area contributed by atoms with Crippen LogP contribution in [0.5, 0.6) is 5.75 Å². The zero-order chi connectivity index (χ0) is 14.5. The molecule has 0 amide bonds. The summed E-state index contributed by atoms with van der Waals surface area (Å²) in [5, 5.41) is 2.73. The molecule has 0 saturated carbocycles. The molecule has 0 atom stereocenters. The third-order valence-electron chi connectivity index (χ3n) is 2.25. The van der Waals surface area contributed by atoms with Gasteiger partial charge in [0.05, 0.1) is 5.75 Å². The highest BCUT2D eigenvalue weighted by atomic mass is 32.2. The lowest BCUT2D eigenvalue weighted by atomic mass is 10.3. The molecule has 0 aromatic heterocycles. The van der Waals surface area contributed by atoms with Crippen LogP contribution in [0.1, 0.15) is 6.92 Å². The maximum atomic E-state index is 12.0. The predicted octanol–water partition coefficient (Wildman–Crippen LogP) is 2.43. The van der Waals surface area contributed by atoms with E-state index >= 15 is 0 Å². The van der Waals surface area contributed by atoms with Crippen LogP contribution in [0.15, 0.2) is 24.3 Å². The molecule has 1 rings (SSSR count). The predicted molar refractivity (Wildman–Crippen MR) is 65.9 cm³/mol. The van der Waals surface area contributed by atoms with Crippen LogP contribution in [-0.4, -0.2) is 32.8 Å². The molecular formula is C11H14F3NO3S. The number of sulfone groups is 1. The average Bonchev–Trinajstić information content (AvgIpc) is 2.27. The quantitative estimate of drug-likeness (QED) is 0.876. The van der Waals surface area contributed by atoms with E-state index in [-0.39, 0.29) is 23.8 Å². The summed E-state index contributed by atoms with van der Waals surface area (Å²) in [6.45, 7) is 1.67. The SMILES string of the molecule is CCS(=O)(=O)CCNc1cccc(OC(F)(F)F)c1. The van der Waals surface area contributed by atoms with Gasteiger partial charge in [-0.1, -0.05) is 13.0 Å². The summed E-state index contributed by atoms with van der Waals surface area (Å²) in [6, 6.07) is 5.24. The molecular weight excluding hydrogens is 283 g/mol. The fourth-order valence-electron chi connectivity index (χ4n) is 1.30. The summed E-state index contributed by atoms with van der Waals surface area (Å²) in [5.41, 5.74) is 0.369. The lowest BCUT2D eigenvalue weighted by molar-refractivity contribution is -0.274. The zero-order valence-corrected chi connectivity index (χ0v) is 11.0. The van der Waals surface area contributed by atoms with Crippen LogP contribution >= 0.6 is 0 Å². The molecule has 0 bridgehead atoms. The van der Waals surface area contributed by atoms with Gasteiger partial charge in [0.15, 0.2) is 9.84 Å². The van der Waals surface area contributed by atoms with Crippen molar-refractivity contribution in [3.05, 3.63) is 24.3 Å². The molecule has 8 heteroatoms. The van der Waals surface area contributed by atoms with E-state index < -0.39 is 16.2 Å². The van der Waals surface area contributed by atoms with Crippen LogP contribution in [0.25, 0.3) is 0 Å². The molecule has 0 spiro atoms. The van der Waals surface area contributed by atoms with Crippen LogP contribution in [-0.2, 0) is 9.84 Å². The van der Waals surface area contributed by atoms with Gasteiger partial charge >= 0.3 is 6.36 Å². The van der Waals surface area contributed by atoms with Gasteiger partial charge in [-0.3, -0.25) is 0 Å². The van der Waals surface area contributed by atoms with E-state index in [0.717, 1.165) is 6.07 Å². The fraction of sp³-hybridized carbons (Fsp3) is 0.455. The first kappa shape index (κ1) is 15.6. The molecule has 19 heavy (non-hydrogen) atoms. The molecule has 108 valence electrons. The van der Waals surface area contributed by atoms with Crippen molar-refractivity contribution in [3.8, 4) is 5.75 Å². The molecule has 0 saturated heterocycles. The lowest BCUT2D eigenvalue weighted by Crippen LogP contribution is -2.18. The van der Waals surface area contributed by atoms with E-state index in [0.29, 0.717) is 5.69 Å². The Morgan fingerprint density at radius 3 is 2.58 bits per heavy atom. The fourth-order valence-corrected chi connectivity index (χ4v) is 2.00. The van der Waals surface area contributed by atoms with Crippen molar-refractivity contribution in [2.24, 2.45) is 0 Å². The van der Waals surface area contributed by atoms with Gasteiger partial charge < -0.3 is 10.1 Å². The summed E-state index contributed by atoms with van der Waals surface area (Å²) in [6.07, 6.45) is -4.75. The maximum absolute atomic E-state index is 12.0. The number of benzene rings is 1. The Balaban J connectivity index is 2.58. The van der Waals surface area contributed by atoms with Crippen LogP contribution in [0, 0.1) is 0 Å². The van der Waals surface area contributed by atoms with E-state index in [1.54, 1.807) is 0 Å². The molecule has 0 fully saturated rings. The van der Waals surface area contributed by atoms with Crippen LogP contribution in [0.3, 0.4) is 0 Å². The minimum absolute atomic E-state index is 0.0336. The molecule has 0 aliphatic rings. The highest BCUT2D eigenvalue weighted by Gasteiger charge is 2.31. The minimum Gasteiger partial charge on any atom is -0.406 e. The van der Waals surface area contributed by atoms with Gasteiger partial charge in [0, 0.05) is 24.1 Å². The number of hydrogen-bond donors (Lipinski definition) is 1. The van der Waals surface area contributed by atoms with Crippen LogP contribution in [0.4, 0.5) is 18.9 Å². The average molecular weight is 297 g/mol. The first-order valence-electron chi connectivity index (χ1n) is 5.52. The Bertz CT molecular complexity index is 514. The normalized spacial score (nSPS) is 12.2. The number of alkyl halides is 3. The van der Waals surface area contributed by atoms with Crippen molar-refractivity contribution in [3.63, 3.8) is 0 Å². The lowest BCUT2D eigenvalue weighted by Gasteiger charge is -2.11. The number of anilines is 1.